The second-order valence-electron chi connectivity index (χ2n) is 36.3. The van der Waals surface area contributed by atoms with Crippen molar-refractivity contribution >= 4 is 194 Å². The second kappa shape index (κ2) is 56.6. The molecule has 1 amide bonds. The third-order valence-electron chi connectivity index (χ3n) is 20.3. The summed E-state index contributed by atoms with van der Waals surface area (Å²) in [5.74, 6) is 4.95. The topological polar surface area (TPSA) is 537 Å². The van der Waals surface area contributed by atoms with Crippen molar-refractivity contribution in [3.8, 4) is 112 Å². The number of nitriles is 7. The van der Waals surface area contributed by atoms with E-state index in [1.54, 1.807) is 140 Å². The molecule has 13 aromatic heterocycles. The number of rotatable bonds is 21. The van der Waals surface area contributed by atoms with Gasteiger partial charge in [0.25, 0.3) is 0 Å². The molecule has 148 heavy (non-hydrogen) atoms. The van der Waals surface area contributed by atoms with Crippen LogP contribution in [0.15, 0.2) is 158 Å². The van der Waals surface area contributed by atoms with Crippen LogP contribution in [0.25, 0.3) is 61.0 Å². The zero-order valence-corrected chi connectivity index (χ0v) is 95.3. The number of pyridine rings is 6. The summed E-state index contributed by atoms with van der Waals surface area (Å²) < 4.78 is 60.1. The van der Waals surface area contributed by atoms with E-state index >= 15 is 0 Å². The van der Waals surface area contributed by atoms with Crippen molar-refractivity contribution in [2.75, 3.05) is 33.1 Å². The van der Waals surface area contributed by atoms with Gasteiger partial charge >= 0.3 is 7.12 Å². The molecule has 0 unspecified atom stereocenters. The van der Waals surface area contributed by atoms with Gasteiger partial charge in [0.05, 0.1) is 191 Å². The van der Waals surface area contributed by atoms with Crippen molar-refractivity contribution in [3.63, 3.8) is 0 Å². The summed E-state index contributed by atoms with van der Waals surface area (Å²) in [5.41, 5.74) is 28.7. The smallest absolute Gasteiger partial charge is 0.398 e. The summed E-state index contributed by atoms with van der Waals surface area (Å²) in [6.45, 7) is 34.7. The SMILES string of the molecule is C#C[Si](C)(C)C.C#Cc1cnc(-c2ccc3cc(C#N)cnn23)cc1N[C@H](C)C#N.CC(C)(O)[C@H](F)CN=[N+]=[N-].CC1(C)OB(c2ccc3cc(C#N)cnn23)OC1(C)C.C[C@@H](Nc1cc(Cl)ncc1I)C(N)=O.C[C@H](C#N)Nc1cc(-c2ccc3cc(C#N)cnn23)ncc1-c1cn(C[C@@H](F)C(C)(C)O)nn1.C[C@H](C#N)Nc1cc(Cl)ncc1C#C[Si](C)(C)C.C[C@H](C#N)Nc1cc(Cl)ncc1I.Fc1cc(Cl)ncc1I. The Morgan fingerprint density at radius 1 is 0.547 bits per heavy atom. The number of carbonyl (C=O) groups excluding carboxylic acids is 1. The normalized spacial score (nSPS) is 13.2. The number of azide groups is 1. The molecule has 0 bridgehead atoms. The zero-order chi connectivity index (χ0) is 111. The number of aliphatic hydroxyl groups is 2. The highest BCUT2D eigenvalue weighted by Crippen LogP contribution is 2.38. The van der Waals surface area contributed by atoms with E-state index in [2.05, 4.69) is 242 Å². The molecule has 7 atom stereocenters. The van der Waals surface area contributed by atoms with Gasteiger partial charge in [-0.1, -0.05) is 108 Å². The molecule has 0 spiro atoms. The highest BCUT2D eigenvalue weighted by Gasteiger charge is 2.53. The molecule has 1 saturated heterocycles. The van der Waals surface area contributed by atoms with Crippen LogP contribution < -0.4 is 37.9 Å². The first-order valence-electron chi connectivity index (χ1n) is 44.5. The molecule has 14 rings (SSSR count). The summed E-state index contributed by atoms with van der Waals surface area (Å²) in [7, 11) is -3.00. The van der Waals surface area contributed by atoms with Crippen LogP contribution in [0.5, 0.6) is 0 Å². The van der Waals surface area contributed by atoms with Gasteiger partial charge in [-0.15, -0.1) is 29.0 Å². The molecule has 0 saturated carbocycles. The maximum atomic E-state index is 14.3. The van der Waals surface area contributed by atoms with Crippen LogP contribution in [-0.4, -0.2) is 185 Å². The number of aromatic nitrogens is 15. The minimum atomic E-state index is -1.53. The van der Waals surface area contributed by atoms with Crippen molar-refractivity contribution in [2.45, 2.75) is 201 Å². The fraction of sp³-hybridized carbons (Fsp3) is 0.323. The average Bonchev–Trinajstić information content (AvgIpc) is 1.60. The predicted molar refractivity (Wildman–Crippen MR) is 600 cm³/mol. The first-order chi connectivity index (χ1) is 69.4. The van der Waals surface area contributed by atoms with Gasteiger partial charge in [-0.2, -0.15) is 52.1 Å². The Kier molecular flexibility index (Phi) is 47.1. The van der Waals surface area contributed by atoms with Gasteiger partial charge in [0.15, 0.2) is 0 Å². The van der Waals surface area contributed by atoms with E-state index in [0.29, 0.717) is 81.0 Å². The monoisotopic (exact) mass is 2450 g/mol. The number of nitrogens with one attached hydrogen (secondary N) is 5. The first kappa shape index (κ1) is 123. The van der Waals surface area contributed by atoms with Gasteiger partial charge in [0.1, 0.15) is 109 Å². The van der Waals surface area contributed by atoms with Crippen LogP contribution >= 0.6 is 114 Å². The molecule has 14 heterocycles. The summed E-state index contributed by atoms with van der Waals surface area (Å²) in [4.78, 5) is 37.6. The Morgan fingerprint density at radius 2 is 0.939 bits per heavy atom. The van der Waals surface area contributed by atoms with Crippen molar-refractivity contribution in [2.24, 2.45) is 10.8 Å². The van der Waals surface area contributed by atoms with E-state index in [9.17, 15) is 28.3 Å². The van der Waals surface area contributed by atoms with Gasteiger partial charge < -0.3 is 51.8 Å². The zero-order valence-electron chi connectivity index (χ0n) is 83.8. The minimum absolute atomic E-state index is 0.161. The predicted octanol–water partition coefficient (Wildman–Crippen LogP) is 20.0. The van der Waals surface area contributed by atoms with Crippen molar-refractivity contribution < 1.29 is 37.5 Å². The fourth-order valence-corrected chi connectivity index (χ4v) is 13.7. The Morgan fingerprint density at radius 3 is 1.36 bits per heavy atom. The Hall–Kier alpha value is -13.5. The molecule has 13 aromatic rings. The largest absolute Gasteiger partial charge is 0.514 e. The number of hydrogen-bond donors (Lipinski definition) is 8. The third-order valence-corrected chi connectivity index (χ3v) is 25.3. The number of terminal acetylenes is 2. The third kappa shape index (κ3) is 38.6. The van der Waals surface area contributed by atoms with Gasteiger partial charge in [0, 0.05) is 59.4 Å². The molecule has 1 aliphatic heterocycles. The van der Waals surface area contributed by atoms with Crippen LogP contribution in [-0.2, 0) is 20.6 Å². The highest BCUT2D eigenvalue weighted by atomic mass is 127. The van der Waals surface area contributed by atoms with Crippen LogP contribution in [0.4, 0.5) is 41.6 Å². The lowest BCUT2D eigenvalue weighted by molar-refractivity contribution is -0.118. The molecule has 9 N–H and O–H groups in total. The maximum Gasteiger partial charge on any atom is 0.514 e. The Balaban J connectivity index is 0.000000265. The number of primary amides is 1. The number of amides is 1. The van der Waals surface area contributed by atoms with E-state index in [-0.39, 0.29) is 53.4 Å². The molecule has 766 valence electrons. The Labute approximate surface area is 919 Å². The fourth-order valence-electron chi connectivity index (χ4n) is 11.4. The summed E-state index contributed by atoms with van der Waals surface area (Å²) in [6.07, 6.45) is 23.2. The number of anilines is 5. The van der Waals surface area contributed by atoms with Crippen molar-refractivity contribution in [1.82, 2.24) is 73.7 Å². The molecule has 36 nitrogen and oxygen atoms in total. The lowest BCUT2D eigenvalue weighted by Gasteiger charge is -2.32. The van der Waals surface area contributed by atoms with Crippen LogP contribution in [0.3, 0.4) is 0 Å². The summed E-state index contributed by atoms with van der Waals surface area (Å²) in [6, 6.07) is 39.2. The van der Waals surface area contributed by atoms with Crippen LogP contribution in [0, 0.1) is 132 Å². The lowest BCUT2D eigenvalue weighted by atomic mass is 9.85. The quantitative estimate of drug-likeness (QED) is 0.00630. The van der Waals surface area contributed by atoms with E-state index in [1.807, 2.05) is 86.7 Å². The summed E-state index contributed by atoms with van der Waals surface area (Å²) in [5, 5.41) is 122. The second-order valence-corrected chi connectivity index (χ2v) is 50.9. The molecule has 1 fully saturated rings. The lowest BCUT2D eigenvalue weighted by Crippen LogP contribution is -2.41. The number of hydrogen-bond acceptors (Lipinski definition) is 29. The molecule has 1 aliphatic rings. The highest BCUT2D eigenvalue weighted by molar-refractivity contribution is 14.1. The van der Waals surface area contributed by atoms with E-state index in [0.717, 1.165) is 57.6 Å². The Bertz CT molecular complexity index is 7370. The number of halogens is 10. The minimum Gasteiger partial charge on any atom is -0.398 e. The number of nitrogens with two attached hydrogens (primary N) is 1. The molecule has 0 radical (unpaired) electrons. The first-order valence-corrected chi connectivity index (χ1v) is 56.2. The molecule has 49 heteroatoms. The number of carbonyl (C=O) groups is 1. The molecular formula is C99H104BCl4F3I3N31O5Si2. The van der Waals surface area contributed by atoms with Crippen molar-refractivity contribution in [1.29, 1.82) is 36.8 Å². The van der Waals surface area contributed by atoms with Gasteiger partial charge in [-0.3, -0.25) is 14.8 Å². The standard InChI is InChI=1S/C23H22FN9O.C18H12N6.C14H16BN3O2.C13H16ClN3Si.C8H9ClIN3O.C8H7ClIN3.C5H2ClFIN.C5H10FN3O.C5H10Si/c1-14(8-25)29-18-7-19(21-5-4-16-6-15(9-26)10-28-33(16)21)27-11-17(18)20-12-32(31-30-20)13-22(24)23(2,3)34;1-3-14-11-21-17(7-16(14)23-12(2)8-19)18-5-4-15-6-13(9-20)10-22-24(15)18;1-13(2)14(3,4)20-15(19-13)12-6-5-11-7-10(8-16)9-17-18(11)12;1-10(8-15)17-12-7-13(14)16-9-11(12)5-6-18(2,3)4;1-4(8(11)14)13-6-2-7(9)12-3-5(6)10;1-5(3-11)13-7-2-8(9)12-4-6(7)10;6-5-1-3(7)4(8)2-9-5;1-5(2,10)4(6)3-8-9-7;1-5-6(2,3)4/h4-7,10-12,14,22,34H,13H2,1-3H3,(H,27,29);1,4-7,10-12H,2H3,(H,21,23);5-7,9H,1-4H3;7,9-10H,1-4H3,(H,16,17);2-4H,1H3,(H2,11,14)(H,12,13);2,4-5H,1H3,(H,12,13);1-2H;4,10H,3H2,1-2H3;1H,2-4H3/t14-,22-;12-;;10-;4-;5-;;4-;/m11.111.1./s1. The van der Waals surface area contributed by atoms with Gasteiger partial charge in [-0.05, 0) is 248 Å². The number of fused-ring (bicyclic) bond motifs is 3. The average molecular weight is 2450 g/mol. The van der Waals surface area contributed by atoms with Gasteiger partial charge in [-0.25, -0.2) is 51.3 Å². The van der Waals surface area contributed by atoms with Gasteiger partial charge in [0.2, 0.25) is 5.91 Å². The van der Waals surface area contributed by atoms with E-state index < -0.39 is 64.8 Å². The van der Waals surface area contributed by atoms with Crippen LogP contribution in [0.1, 0.15) is 118 Å². The maximum absolute atomic E-state index is 14.3. The number of nitrogens with zero attached hydrogens (tertiary/aromatic N) is 25. The van der Waals surface area contributed by atoms with Crippen molar-refractivity contribution in [3.05, 3.63) is 228 Å². The van der Waals surface area contributed by atoms with E-state index in [1.165, 1.54) is 57.0 Å². The summed E-state index contributed by atoms with van der Waals surface area (Å²) >= 11 is 28.7. The molecule has 0 aromatic carbocycles. The molecular weight excluding hydrogens is 2350 g/mol. The van der Waals surface area contributed by atoms with Crippen LogP contribution in [0.2, 0.25) is 59.9 Å². The number of alkyl halides is 2. The molecule has 0 aliphatic carbocycles. The van der Waals surface area contributed by atoms with E-state index in [4.69, 9.17) is 117 Å².